The second-order valence-corrected chi connectivity index (χ2v) is 8.95. The number of hydrogen-bond acceptors (Lipinski definition) is 6. The van der Waals surface area contributed by atoms with Crippen LogP contribution in [-0.4, -0.2) is 24.2 Å². The second kappa shape index (κ2) is 9.62. The molecule has 1 aromatic heterocycles. The Bertz CT molecular complexity index is 1410. The highest BCUT2D eigenvalue weighted by molar-refractivity contribution is 7.92. The summed E-state index contributed by atoms with van der Waals surface area (Å²) < 4.78 is 27.8. The molecule has 8 heteroatoms. The van der Waals surface area contributed by atoms with E-state index >= 15 is 0 Å². The molecule has 0 unspecified atom stereocenters. The second-order valence-electron chi connectivity index (χ2n) is 7.27. The number of para-hydroxylation sites is 2. The van der Waals surface area contributed by atoms with Crippen LogP contribution >= 0.6 is 0 Å². The number of benzene rings is 3. The molecule has 0 saturated carbocycles. The number of nitrogens with zero attached hydrogens (tertiary/aromatic N) is 2. The number of rotatable bonds is 8. The van der Waals surface area contributed by atoms with Gasteiger partial charge in [-0.25, -0.2) is 13.4 Å². The van der Waals surface area contributed by atoms with Crippen molar-refractivity contribution in [2.24, 2.45) is 0 Å². The maximum absolute atomic E-state index is 12.7. The van der Waals surface area contributed by atoms with Gasteiger partial charge in [0.05, 0.1) is 22.1 Å². The summed E-state index contributed by atoms with van der Waals surface area (Å²) in [7, 11) is -3.83. The van der Waals surface area contributed by atoms with Gasteiger partial charge >= 0.3 is 0 Å². The molecule has 0 aliphatic rings. The summed E-state index contributed by atoms with van der Waals surface area (Å²) in [5.74, 6) is 0.0226. The first-order valence-corrected chi connectivity index (χ1v) is 11.8. The van der Waals surface area contributed by atoms with E-state index in [-0.39, 0.29) is 16.5 Å². The topological polar surface area (TPSA) is 101 Å². The molecule has 166 valence electrons. The average molecular weight is 459 g/mol. The number of anilines is 2. The van der Waals surface area contributed by atoms with E-state index in [2.05, 4.69) is 26.9 Å². The van der Waals surface area contributed by atoms with E-state index in [1.165, 1.54) is 36.2 Å². The van der Waals surface area contributed by atoms with Crippen molar-refractivity contribution < 1.29 is 13.2 Å². The van der Waals surface area contributed by atoms with Crippen molar-refractivity contribution in [2.45, 2.75) is 18.2 Å². The molecule has 0 saturated heterocycles. The Hall–Kier alpha value is -4.04. The third kappa shape index (κ3) is 5.42. The SMILES string of the molecule is CCc1ccc(C(=O)C=CNc2ccc(S(=O)(=O)Nc3cnc4ccccc4n3)cc2)cc1. The molecular weight excluding hydrogens is 436 g/mol. The van der Waals surface area contributed by atoms with E-state index in [9.17, 15) is 13.2 Å². The third-order valence-corrected chi connectivity index (χ3v) is 6.35. The number of aryl methyl sites for hydroxylation is 1. The highest BCUT2D eigenvalue weighted by atomic mass is 32.2. The molecule has 0 amide bonds. The molecule has 0 aliphatic heterocycles. The van der Waals surface area contributed by atoms with E-state index in [1.807, 2.05) is 24.3 Å². The smallest absolute Gasteiger partial charge is 0.263 e. The Balaban J connectivity index is 1.40. The first-order chi connectivity index (χ1) is 15.9. The molecule has 0 spiro atoms. The van der Waals surface area contributed by atoms with Crippen LogP contribution in [0.2, 0.25) is 0 Å². The predicted octanol–water partition coefficient (Wildman–Crippen LogP) is 4.80. The van der Waals surface area contributed by atoms with Crippen molar-refractivity contribution in [3.05, 3.63) is 102 Å². The van der Waals surface area contributed by atoms with Gasteiger partial charge in [-0.1, -0.05) is 43.3 Å². The summed E-state index contributed by atoms with van der Waals surface area (Å²) >= 11 is 0. The average Bonchev–Trinajstić information content (AvgIpc) is 2.84. The van der Waals surface area contributed by atoms with Gasteiger partial charge in [0.25, 0.3) is 10.0 Å². The van der Waals surface area contributed by atoms with Crippen LogP contribution in [0.5, 0.6) is 0 Å². The van der Waals surface area contributed by atoms with Crippen molar-refractivity contribution in [1.82, 2.24) is 9.97 Å². The fraction of sp³-hybridized carbons (Fsp3) is 0.0800. The summed E-state index contributed by atoms with van der Waals surface area (Å²) in [4.78, 5) is 20.8. The van der Waals surface area contributed by atoms with Crippen LogP contribution in [0.1, 0.15) is 22.8 Å². The lowest BCUT2D eigenvalue weighted by molar-refractivity contribution is 0.104. The van der Waals surface area contributed by atoms with Gasteiger partial charge in [0.15, 0.2) is 11.6 Å². The Morgan fingerprint density at radius 3 is 2.33 bits per heavy atom. The van der Waals surface area contributed by atoms with Crippen molar-refractivity contribution in [3.8, 4) is 0 Å². The molecule has 0 radical (unpaired) electrons. The van der Waals surface area contributed by atoms with Gasteiger partial charge in [-0.3, -0.25) is 14.5 Å². The summed E-state index contributed by atoms with van der Waals surface area (Å²) in [5.41, 5.74) is 3.70. The molecule has 0 fully saturated rings. The number of carbonyl (C=O) groups is 1. The standard InChI is InChI=1S/C25H22N4O3S/c1-2-18-7-9-19(10-8-18)24(30)15-16-26-20-11-13-21(14-12-20)33(31,32)29-25-17-27-22-5-3-4-6-23(22)28-25/h3-17,26H,2H2,1H3,(H,28,29). The maximum Gasteiger partial charge on any atom is 0.263 e. The predicted molar refractivity (Wildman–Crippen MR) is 130 cm³/mol. The molecular formula is C25H22N4O3S. The first kappa shape index (κ1) is 22.2. The van der Waals surface area contributed by atoms with E-state index in [0.717, 1.165) is 6.42 Å². The molecule has 1 heterocycles. The summed E-state index contributed by atoms with van der Waals surface area (Å²) in [6.45, 7) is 2.06. The van der Waals surface area contributed by atoms with E-state index in [0.29, 0.717) is 22.3 Å². The van der Waals surface area contributed by atoms with Crippen LogP contribution in [-0.2, 0) is 16.4 Å². The number of ketones is 1. The number of carbonyl (C=O) groups excluding carboxylic acids is 1. The molecule has 3 aromatic carbocycles. The van der Waals surface area contributed by atoms with Crippen LogP contribution in [0.25, 0.3) is 11.0 Å². The minimum Gasteiger partial charge on any atom is -0.362 e. The Labute approximate surface area is 192 Å². The maximum atomic E-state index is 12.7. The molecule has 0 atom stereocenters. The molecule has 0 aliphatic carbocycles. The Morgan fingerprint density at radius 1 is 0.939 bits per heavy atom. The third-order valence-electron chi connectivity index (χ3n) is 4.98. The molecule has 7 nitrogen and oxygen atoms in total. The lowest BCUT2D eigenvalue weighted by atomic mass is 10.1. The van der Waals surface area contributed by atoms with Crippen molar-refractivity contribution >= 4 is 38.3 Å². The van der Waals surface area contributed by atoms with Gasteiger partial charge < -0.3 is 5.32 Å². The zero-order valence-corrected chi connectivity index (χ0v) is 18.7. The highest BCUT2D eigenvalue weighted by Crippen LogP contribution is 2.18. The minimum atomic E-state index is -3.83. The molecule has 4 rings (SSSR count). The molecule has 0 bridgehead atoms. The van der Waals surface area contributed by atoms with Crippen LogP contribution in [0.3, 0.4) is 0 Å². The number of fused-ring (bicyclic) bond motifs is 1. The first-order valence-electron chi connectivity index (χ1n) is 10.4. The van der Waals surface area contributed by atoms with Gasteiger partial charge in [0.1, 0.15) is 0 Å². The van der Waals surface area contributed by atoms with E-state index in [4.69, 9.17) is 0 Å². The zero-order valence-electron chi connectivity index (χ0n) is 17.9. The number of allylic oxidation sites excluding steroid dienone is 1. The lowest BCUT2D eigenvalue weighted by Gasteiger charge is -2.08. The summed E-state index contributed by atoms with van der Waals surface area (Å²) in [6.07, 6.45) is 5.27. The molecule has 4 aromatic rings. The Morgan fingerprint density at radius 2 is 1.64 bits per heavy atom. The van der Waals surface area contributed by atoms with Crippen molar-refractivity contribution in [2.75, 3.05) is 10.0 Å². The Kier molecular flexibility index (Phi) is 6.46. The van der Waals surface area contributed by atoms with Crippen LogP contribution in [0.15, 0.2) is 96.2 Å². The molecule has 33 heavy (non-hydrogen) atoms. The van der Waals surface area contributed by atoms with Gasteiger partial charge in [-0.15, -0.1) is 0 Å². The van der Waals surface area contributed by atoms with Gasteiger partial charge in [-0.05, 0) is 48.4 Å². The largest absolute Gasteiger partial charge is 0.362 e. The summed E-state index contributed by atoms with van der Waals surface area (Å²) in [6, 6.07) is 20.9. The quantitative estimate of drug-likeness (QED) is 0.290. The highest BCUT2D eigenvalue weighted by Gasteiger charge is 2.15. The van der Waals surface area contributed by atoms with Gasteiger partial charge in [0, 0.05) is 23.5 Å². The number of aromatic nitrogens is 2. The zero-order chi connectivity index (χ0) is 23.3. The number of sulfonamides is 1. The van der Waals surface area contributed by atoms with E-state index < -0.39 is 10.0 Å². The van der Waals surface area contributed by atoms with Crippen molar-refractivity contribution in [3.63, 3.8) is 0 Å². The van der Waals surface area contributed by atoms with E-state index in [1.54, 1.807) is 36.4 Å². The van der Waals surface area contributed by atoms with Crippen LogP contribution < -0.4 is 10.0 Å². The van der Waals surface area contributed by atoms with Crippen molar-refractivity contribution in [1.29, 1.82) is 0 Å². The normalized spacial score (nSPS) is 11.5. The minimum absolute atomic E-state index is 0.0825. The molecule has 2 N–H and O–H groups in total. The lowest BCUT2D eigenvalue weighted by Crippen LogP contribution is -2.14. The summed E-state index contributed by atoms with van der Waals surface area (Å²) in [5, 5.41) is 2.98. The monoisotopic (exact) mass is 458 g/mol. The number of hydrogen-bond donors (Lipinski definition) is 2. The van der Waals surface area contributed by atoms with Gasteiger partial charge in [-0.2, -0.15) is 0 Å². The van der Waals surface area contributed by atoms with Crippen LogP contribution in [0, 0.1) is 0 Å². The number of nitrogens with one attached hydrogen (secondary N) is 2. The van der Waals surface area contributed by atoms with Gasteiger partial charge in [0.2, 0.25) is 0 Å². The fourth-order valence-corrected chi connectivity index (χ4v) is 4.13. The van der Waals surface area contributed by atoms with Crippen LogP contribution in [0.4, 0.5) is 11.5 Å². The fourth-order valence-electron chi connectivity index (χ4n) is 3.15.